The molecule has 0 fully saturated rings. The average molecular weight is 277 g/mol. The molecular weight excluding hydrogens is 262 g/mol. The second kappa shape index (κ2) is 5.81. The molecule has 1 heterocycles. The lowest BCUT2D eigenvalue weighted by Gasteiger charge is -2.06. The molecule has 100 valence electrons. The predicted molar refractivity (Wildman–Crippen MR) is 74.0 cm³/mol. The van der Waals surface area contributed by atoms with Crippen LogP contribution in [-0.2, 0) is 16.4 Å². The van der Waals surface area contributed by atoms with Gasteiger partial charge in [0.05, 0.1) is 0 Å². The number of nitrogen functional groups attached to an aromatic ring is 1. The maximum absolute atomic E-state index is 11.9. The highest BCUT2D eigenvalue weighted by Crippen LogP contribution is 2.07. The molecule has 0 saturated carbocycles. The molecule has 0 radical (unpaired) electrons. The Hall–Kier alpha value is -1.92. The Balaban J connectivity index is 1.94. The van der Waals surface area contributed by atoms with Crippen LogP contribution in [0.2, 0.25) is 0 Å². The maximum atomic E-state index is 11.9. The van der Waals surface area contributed by atoms with Gasteiger partial charge in [-0.3, -0.25) is 4.98 Å². The quantitative estimate of drug-likeness (QED) is 0.804. The number of sulfonamides is 1. The van der Waals surface area contributed by atoms with Crippen molar-refractivity contribution >= 4 is 15.7 Å². The van der Waals surface area contributed by atoms with Crippen LogP contribution in [0.3, 0.4) is 0 Å². The van der Waals surface area contributed by atoms with E-state index in [1.54, 1.807) is 18.2 Å². The highest BCUT2D eigenvalue weighted by Gasteiger charge is 2.12. The smallest absolute Gasteiger partial charge is 0.242 e. The molecule has 1 aromatic carbocycles. The summed E-state index contributed by atoms with van der Waals surface area (Å²) in [5, 5.41) is 0. The van der Waals surface area contributed by atoms with Gasteiger partial charge in [-0.15, -0.1) is 0 Å². The van der Waals surface area contributed by atoms with Gasteiger partial charge in [0.25, 0.3) is 0 Å². The van der Waals surface area contributed by atoms with Crippen LogP contribution in [0.5, 0.6) is 0 Å². The number of nitrogens with one attached hydrogen (secondary N) is 1. The molecule has 0 spiro atoms. The van der Waals surface area contributed by atoms with Gasteiger partial charge in [-0.25, -0.2) is 13.1 Å². The fraction of sp³-hybridized carbons (Fsp3) is 0.154. The summed E-state index contributed by atoms with van der Waals surface area (Å²) in [4.78, 5) is 3.97. The van der Waals surface area contributed by atoms with Crippen LogP contribution < -0.4 is 10.5 Å². The number of aromatic nitrogens is 1. The highest BCUT2D eigenvalue weighted by molar-refractivity contribution is 7.89. The normalized spacial score (nSPS) is 11.4. The Morgan fingerprint density at radius 1 is 1.16 bits per heavy atom. The first-order chi connectivity index (χ1) is 9.08. The molecule has 0 aliphatic rings. The van der Waals surface area contributed by atoms with Gasteiger partial charge in [0.2, 0.25) is 10.0 Å². The Morgan fingerprint density at radius 2 is 1.89 bits per heavy atom. The average Bonchev–Trinajstić information content (AvgIpc) is 2.42. The molecule has 19 heavy (non-hydrogen) atoms. The first-order valence-corrected chi connectivity index (χ1v) is 7.30. The summed E-state index contributed by atoms with van der Waals surface area (Å²) < 4.78 is 26.4. The lowest BCUT2D eigenvalue weighted by Crippen LogP contribution is -2.26. The number of hydrogen-bond acceptors (Lipinski definition) is 4. The van der Waals surface area contributed by atoms with Crippen LogP contribution >= 0.6 is 0 Å². The molecule has 5 nitrogen and oxygen atoms in total. The van der Waals surface area contributed by atoms with Gasteiger partial charge in [-0.1, -0.05) is 12.1 Å². The van der Waals surface area contributed by atoms with Crippen molar-refractivity contribution in [3.8, 4) is 0 Å². The zero-order chi connectivity index (χ0) is 13.7. The van der Waals surface area contributed by atoms with Crippen LogP contribution in [0.15, 0.2) is 53.7 Å². The summed E-state index contributed by atoms with van der Waals surface area (Å²) in [6, 6.07) is 10.5. The van der Waals surface area contributed by atoms with E-state index in [0.717, 1.165) is 5.56 Å². The summed E-state index contributed by atoms with van der Waals surface area (Å²) >= 11 is 0. The highest BCUT2D eigenvalue weighted by atomic mass is 32.2. The van der Waals surface area contributed by atoms with Crippen LogP contribution in [0.1, 0.15) is 5.56 Å². The first kappa shape index (κ1) is 13.5. The lowest BCUT2D eigenvalue weighted by atomic mass is 10.1. The standard InChI is InChI=1S/C13H15N3O2S/c14-12-5-3-11(4-6-12)7-9-16-19(17,18)13-2-1-8-15-10-13/h1-6,8,10,16H,7,9,14H2. The van der Waals surface area contributed by atoms with Gasteiger partial charge < -0.3 is 5.73 Å². The van der Waals surface area contributed by atoms with Gasteiger partial charge in [0.15, 0.2) is 0 Å². The van der Waals surface area contributed by atoms with Gasteiger partial charge in [-0.2, -0.15) is 0 Å². The minimum atomic E-state index is -3.48. The molecule has 2 aromatic rings. The Bertz CT molecular complexity index is 625. The van der Waals surface area contributed by atoms with E-state index < -0.39 is 10.0 Å². The van der Waals surface area contributed by atoms with Crippen molar-refractivity contribution in [2.75, 3.05) is 12.3 Å². The fourth-order valence-corrected chi connectivity index (χ4v) is 2.60. The molecule has 0 bridgehead atoms. The summed E-state index contributed by atoms with van der Waals surface area (Å²) in [7, 11) is -3.48. The predicted octanol–water partition coefficient (Wildman–Crippen LogP) is 1.18. The van der Waals surface area contributed by atoms with Crippen molar-refractivity contribution in [3.05, 3.63) is 54.4 Å². The second-order valence-corrected chi connectivity index (χ2v) is 5.85. The first-order valence-electron chi connectivity index (χ1n) is 5.82. The second-order valence-electron chi connectivity index (χ2n) is 4.08. The van der Waals surface area contributed by atoms with Crippen LogP contribution in [-0.4, -0.2) is 19.9 Å². The SMILES string of the molecule is Nc1ccc(CCNS(=O)(=O)c2cccnc2)cc1. The number of nitrogens with zero attached hydrogens (tertiary/aromatic N) is 1. The molecule has 0 atom stereocenters. The third-order valence-electron chi connectivity index (χ3n) is 2.63. The fourth-order valence-electron chi connectivity index (χ4n) is 1.60. The zero-order valence-electron chi connectivity index (χ0n) is 10.3. The molecule has 0 aliphatic heterocycles. The van der Waals surface area contributed by atoms with E-state index in [1.165, 1.54) is 18.5 Å². The number of rotatable bonds is 5. The Kier molecular flexibility index (Phi) is 4.13. The van der Waals surface area contributed by atoms with E-state index in [4.69, 9.17) is 5.73 Å². The van der Waals surface area contributed by atoms with Gasteiger partial charge in [0, 0.05) is 24.6 Å². The molecule has 0 amide bonds. The van der Waals surface area contributed by atoms with Gasteiger partial charge >= 0.3 is 0 Å². The largest absolute Gasteiger partial charge is 0.399 e. The summed E-state index contributed by atoms with van der Waals surface area (Å²) in [6.45, 7) is 0.334. The van der Waals surface area contributed by atoms with Gasteiger partial charge in [0.1, 0.15) is 4.90 Å². The van der Waals surface area contributed by atoms with Crippen molar-refractivity contribution in [2.45, 2.75) is 11.3 Å². The molecule has 3 N–H and O–H groups in total. The van der Waals surface area contributed by atoms with E-state index in [-0.39, 0.29) is 4.90 Å². The minimum Gasteiger partial charge on any atom is -0.399 e. The van der Waals surface area contributed by atoms with Crippen LogP contribution in [0.4, 0.5) is 5.69 Å². The van der Waals surface area contributed by atoms with Crippen molar-refractivity contribution in [1.29, 1.82) is 0 Å². The Morgan fingerprint density at radius 3 is 2.53 bits per heavy atom. The van der Waals surface area contributed by atoms with Crippen LogP contribution in [0, 0.1) is 0 Å². The summed E-state index contributed by atoms with van der Waals surface area (Å²) in [5.74, 6) is 0. The molecule has 2 rings (SSSR count). The summed E-state index contributed by atoms with van der Waals surface area (Å²) in [6.07, 6.45) is 3.47. The van der Waals surface area contributed by atoms with Crippen molar-refractivity contribution in [3.63, 3.8) is 0 Å². The van der Waals surface area contributed by atoms with Gasteiger partial charge in [-0.05, 0) is 36.2 Å². The topological polar surface area (TPSA) is 85.1 Å². The molecule has 0 aliphatic carbocycles. The van der Waals surface area contributed by atoms with Crippen molar-refractivity contribution in [1.82, 2.24) is 9.71 Å². The summed E-state index contributed by atoms with van der Waals surface area (Å²) in [5.41, 5.74) is 7.31. The van der Waals surface area contributed by atoms with E-state index in [9.17, 15) is 8.42 Å². The molecule has 0 saturated heterocycles. The third kappa shape index (κ3) is 3.77. The molecular formula is C13H15N3O2S. The van der Waals surface area contributed by atoms with E-state index in [2.05, 4.69) is 9.71 Å². The maximum Gasteiger partial charge on any atom is 0.242 e. The number of anilines is 1. The number of hydrogen-bond donors (Lipinski definition) is 2. The van der Waals surface area contributed by atoms with E-state index in [1.807, 2.05) is 12.1 Å². The van der Waals surface area contributed by atoms with Crippen molar-refractivity contribution in [2.24, 2.45) is 0 Å². The van der Waals surface area contributed by atoms with Crippen molar-refractivity contribution < 1.29 is 8.42 Å². The molecule has 0 unspecified atom stereocenters. The van der Waals surface area contributed by atoms with Crippen LogP contribution in [0.25, 0.3) is 0 Å². The number of benzene rings is 1. The lowest BCUT2D eigenvalue weighted by molar-refractivity contribution is 0.581. The zero-order valence-corrected chi connectivity index (χ0v) is 11.1. The minimum absolute atomic E-state index is 0.173. The molecule has 1 aromatic heterocycles. The number of nitrogens with two attached hydrogens (primary N) is 1. The third-order valence-corrected chi connectivity index (χ3v) is 4.08. The Labute approximate surface area is 112 Å². The molecule has 6 heteroatoms. The van der Waals surface area contributed by atoms with E-state index >= 15 is 0 Å². The number of pyridine rings is 1. The monoisotopic (exact) mass is 277 g/mol. The van der Waals surface area contributed by atoms with E-state index in [0.29, 0.717) is 18.7 Å².